The molecule has 6 aromatic rings. The zero-order chi connectivity index (χ0) is 43.1. The predicted octanol–water partition coefficient (Wildman–Crippen LogP) is 11.7. The van der Waals surface area contributed by atoms with Crippen molar-refractivity contribution in [3.8, 4) is 21.1 Å². The molecule has 6 rings (SSSR count). The lowest BCUT2D eigenvalue weighted by atomic mass is 10.1. The van der Waals surface area contributed by atoms with Crippen molar-refractivity contribution in [1.82, 2.24) is 25.6 Å². The van der Waals surface area contributed by atoms with Gasteiger partial charge in [0.1, 0.15) is 10.0 Å². The van der Waals surface area contributed by atoms with Crippen molar-refractivity contribution in [2.75, 3.05) is 24.6 Å². The molecule has 318 valence electrons. The molecule has 3 heterocycles. The van der Waals surface area contributed by atoms with Gasteiger partial charge >= 0.3 is 0 Å². The summed E-state index contributed by atoms with van der Waals surface area (Å²) in [5.74, 6) is 2.78. The molecule has 2 amide bonds. The normalized spacial score (nSPS) is 10.6. The number of nitrogens with zero attached hydrogens (tertiary/aromatic N) is 3. The second-order valence-corrected chi connectivity index (χ2v) is 18.1. The smallest absolute Gasteiger partial charge is 0.230 e. The third-order valence-electron chi connectivity index (χ3n) is 9.45. The van der Waals surface area contributed by atoms with Gasteiger partial charge in [0.15, 0.2) is 0 Å². The van der Waals surface area contributed by atoms with Crippen LogP contribution in [0.1, 0.15) is 83.2 Å². The van der Waals surface area contributed by atoms with Crippen LogP contribution in [0.25, 0.3) is 21.1 Å². The first-order valence-corrected chi connectivity index (χ1v) is 24.9. The van der Waals surface area contributed by atoms with E-state index in [-0.39, 0.29) is 11.8 Å². The van der Waals surface area contributed by atoms with Crippen molar-refractivity contribution >= 4 is 58.0 Å². The minimum absolute atomic E-state index is 0.0765. The van der Waals surface area contributed by atoms with Gasteiger partial charge in [-0.1, -0.05) is 113 Å². The maximum absolute atomic E-state index is 12.1. The Hall–Kier alpha value is -4.29. The molecule has 0 fully saturated rings. The number of amides is 2. The van der Waals surface area contributed by atoms with E-state index in [2.05, 4.69) is 115 Å². The van der Waals surface area contributed by atoms with Crippen LogP contribution in [0.3, 0.4) is 0 Å². The van der Waals surface area contributed by atoms with Gasteiger partial charge in [-0.25, -0.2) is 9.97 Å². The molecular weight excluding hydrogens is 819 g/mol. The summed E-state index contributed by atoms with van der Waals surface area (Å²) in [7, 11) is 0. The quantitative estimate of drug-likeness (QED) is 0.0782. The highest BCUT2D eigenvalue weighted by molar-refractivity contribution is 7.99. The molecule has 0 aliphatic carbocycles. The van der Waals surface area contributed by atoms with E-state index < -0.39 is 0 Å². The first kappa shape index (κ1) is 48.4. The summed E-state index contributed by atoms with van der Waals surface area (Å²) in [6.07, 6.45) is 6.73. The maximum atomic E-state index is 12.1. The van der Waals surface area contributed by atoms with Crippen molar-refractivity contribution in [1.29, 1.82) is 0 Å². The zero-order valence-electron chi connectivity index (χ0n) is 36.3. The van der Waals surface area contributed by atoms with E-state index in [9.17, 15) is 9.59 Å². The molecule has 60 heavy (non-hydrogen) atoms. The molecule has 0 radical (unpaired) electrons. The minimum Gasteiger partial charge on any atom is -0.355 e. The Labute approximate surface area is 375 Å². The van der Waals surface area contributed by atoms with E-state index in [0.717, 1.165) is 88.4 Å². The third-order valence-corrected chi connectivity index (χ3v) is 14.1. The predicted molar refractivity (Wildman–Crippen MR) is 260 cm³/mol. The number of pyridine rings is 1. The van der Waals surface area contributed by atoms with Crippen LogP contribution >= 0.6 is 46.2 Å². The molecule has 3 aromatic carbocycles. The molecular formula is C49H61N5O2S4. The average Bonchev–Trinajstić information content (AvgIpc) is 3.85. The lowest BCUT2D eigenvalue weighted by Crippen LogP contribution is -2.27. The van der Waals surface area contributed by atoms with Crippen molar-refractivity contribution < 1.29 is 9.59 Å². The van der Waals surface area contributed by atoms with Crippen molar-refractivity contribution in [2.24, 2.45) is 0 Å². The highest BCUT2D eigenvalue weighted by Crippen LogP contribution is 2.32. The molecule has 11 heteroatoms. The highest BCUT2D eigenvalue weighted by Gasteiger charge is 2.12. The highest BCUT2D eigenvalue weighted by atomic mass is 32.2. The number of aromatic nitrogens is 3. The van der Waals surface area contributed by atoms with E-state index in [0.29, 0.717) is 18.1 Å². The van der Waals surface area contributed by atoms with Crippen LogP contribution in [0.15, 0.2) is 97.2 Å². The zero-order valence-corrected chi connectivity index (χ0v) is 39.6. The van der Waals surface area contributed by atoms with Gasteiger partial charge in [0.2, 0.25) is 11.8 Å². The van der Waals surface area contributed by atoms with E-state index >= 15 is 0 Å². The first-order valence-electron chi connectivity index (χ1n) is 21.0. The first-order chi connectivity index (χ1) is 29.2. The summed E-state index contributed by atoms with van der Waals surface area (Å²) in [6, 6.07) is 31.7. The van der Waals surface area contributed by atoms with Crippen LogP contribution in [-0.4, -0.2) is 51.4 Å². The van der Waals surface area contributed by atoms with Gasteiger partial charge in [-0.05, 0) is 81.2 Å². The van der Waals surface area contributed by atoms with Gasteiger partial charge in [-0.2, -0.15) is 0 Å². The summed E-state index contributed by atoms with van der Waals surface area (Å²) in [4.78, 5) is 40.4. The van der Waals surface area contributed by atoms with E-state index in [1.54, 1.807) is 46.2 Å². The number of thioether (sulfide) groups is 2. The number of hydrogen-bond acceptors (Lipinski definition) is 9. The topological polar surface area (TPSA) is 96.9 Å². The van der Waals surface area contributed by atoms with E-state index in [4.69, 9.17) is 9.97 Å². The summed E-state index contributed by atoms with van der Waals surface area (Å²) in [6.45, 7) is 15.8. The van der Waals surface area contributed by atoms with Gasteiger partial charge in [0.25, 0.3) is 0 Å². The molecule has 0 saturated heterocycles. The van der Waals surface area contributed by atoms with Crippen LogP contribution in [0.2, 0.25) is 0 Å². The Morgan fingerprint density at radius 3 is 1.53 bits per heavy atom. The number of rotatable bonds is 19. The van der Waals surface area contributed by atoms with Gasteiger partial charge < -0.3 is 10.6 Å². The van der Waals surface area contributed by atoms with E-state index in [1.165, 1.54) is 32.0 Å². The lowest BCUT2D eigenvalue weighted by molar-refractivity contribution is -0.119. The van der Waals surface area contributed by atoms with Gasteiger partial charge in [0, 0.05) is 57.4 Å². The number of benzene rings is 3. The Morgan fingerprint density at radius 1 is 0.583 bits per heavy atom. The van der Waals surface area contributed by atoms with Crippen molar-refractivity contribution in [3.05, 3.63) is 146 Å². The number of carbonyl (C=O) groups excluding carboxylic acids is 2. The lowest BCUT2D eigenvalue weighted by Gasteiger charge is -2.05. The van der Waals surface area contributed by atoms with E-state index in [1.807, 2.05) is 46.0 Å². The number of hydrogen-bond donors (Lipinski definition) is 2. The summed E-state index contributed by atoms with van der Waals surface area (Å²) in [5.41, 5.74) is 10.6. The van der Waals surface area contributed by atoms with Gasteiger partial charge in [-0.3, -0.25) is 14.6 Å². The second-order valence-electron chi connectivity index (χ2n) is 14.0. The number of nitrogens with one attached hydrogen (secondary N) is 2. The van der Waals surface area contributed by atoms with Crippen LogP contribution in [-0.2, 0) is 46.8 Å². The third kappa shape index (κ3) is 16.6. The fourth-order valence-corrected chi connectivity index (χ4v) is 10.1. The SMILES string of the molecule is CC.CCc1ccc(-c2nc(C)c(CSCC(=O)NCCCc3ccccc3)s2)cc1.CCc1ccc(-c2nc(C)c(CSCC(=O)NCCc3ccc(C)nc3)s2)cc1. The molecule has 0 spiro atoms. The molecule has 0 atom stereocenters. The standard InChI is InChI=1S/C24H28N2OS2.C23H27N3OS2.C2H6/c1-3-19-11-13-21(14-12-19)24-26-18(2)22(29-24)16-28-17-23(27)25-15-7-10-20-8-5-4-6-9-20;1-4-18-7-9-20(10-8-18)23-26-17(3)21(29-23)14-28-15-22(27)24-12-11-19-6-5-16(2)25-13-19;1-2/h4-6,8-9,11-14H,3,7,10,15-17H2,1-2H3,(H,25,27);5-10,13H,4,11-12,14-15H2,1-3H3,(H,24,27);1-2H3. The molecule has 2 N–H and O–H groups in total. The van der Waals surface area contributed by atoms with Crippen LogP contribution in [0.5, 0.6) is 0 Å². The number of carbonyl (C=O) groups is 2. The average molecular weight is 880 g/mol. The molecule has 0 bridgehead atoms. The fourth-order valence-electron chi connectivity index (χ4n) is 5.87. The summed E-state index contributed by atoms with van der Waals surface area (Å²) < 4.78 is 0. The largest absolute Gasteiger partial charge is 0.355 e. The number of thiazole rings is 2. The molecule has 0 aliphatic heterocycles. The van der Waals surface area contributed by atoms with Crippen molar-refractivity contribution in [2.45, 2.75) is 92.1 Å². The molecule has 0 aliphatic rings. The van der Waals surface area contributed by atoms with Gasteiger partial charge in [-0.15, -0.1) is 46.2 Å². The summed E-state index contributed by atoms with van der Waals surface area (Å²) >= 11 is 6.75. The maximum Gasteiger partial charge on any atom is 0.230 e. The van der Waals surface area contributed by atoms with Gasteiger partial charge in [0.05, 0.1) is 22.9 Å². The second kappa shape index (κ2) is 26.8. The Morgan fingerprint density at radius 2 is 1.07 bits per heavy atom. The van der Waals surface area contributed by atoms with Crippen LogP contribution in [0.4, 0.5) is 0 Å². The Bertz CT molecular complexity index is 2150. The minimum atomic E-state index is 0.0765. The molecule has 0 unspecified atom stereocenters. The molecule has 0 saturated carbocycles. The summed E-state index contributed by atoms with van der Waals surface area (Å²) in [5, 5.41) is 8.13. The Kier molecular flexibility index (Phi) is 21.6. The van der Waals surface area contributed by atoms with Crippen molar-refractivity contribution in [3.63, 3.8) is 0 Å². The molecule has 7 nitrogen and oxygen atoms in total. The molecule has 3 aromatic heterocycles. The number of aryl methyl sites for hydroxylation is 6. The monoisotopic (exact) mass is 879 g/mol. The van der Waals surface area contributed by atoms with Crippen LogP contribution in [0, 0.1) is 20.8 Å². The van der Waals surface area contributed by atoms with Crippen LogP contribution < -0.4 is 10.6 Å². The fraction of sp³-hybridized carbons (Fsp3) is 0.367. The Balaban J connectivity index is 0.000000254.